The minimum absolute atomic E-state index is 0.156. The van der Waals surface area contributed by atoms with Crippen LogP contribution >= 0.6 is 0 Å². The van der Waals surface area contributed by atoms with E-state index in [2.05, 4.69) is 0 Å². The number of ether oxygens (including phenoxy) is 1. The maximum absolute atomic E-state index is 11.5. The molecule has 2 aromatic carbocycles. The second kappa shape index (κ2) is 5.23. The van der Waals surface area contributed by atoms with E-state index in [0.29, 0.717) is 17.2 Å². The Hall–Kier alpha value is -2.52. The average Bonchev–Trinajstić information content (AvgIpc) is 2.40. The molecule has 0 aliphatic rings. The maximum atomic E-state index is 11.5. The van der Waals surface area contributed by atoms with E-state index >= 15 is 0 Å². The fourth-order valence-electron chi connectivity index (χ4n) is 1.62. The van der Waals surface area contributed by atoms with Crippen molar-refractivity contribution in [3.63, 3.8) is 0 Å². The summed E-state index contributed by atoms with van der Waals surface area (Å²) in [6, 6.07) is 12.7. The first kappa shape index (κ1) is 13.9. The van der Waals surface area contributed by atoms with Crippen molar-refractivity contribution < 1.29 is 13.2 Å². The molecule has 0 heterocycles. The Morgan fingerprint density at radius 3 is 2.60 bits per heavy atom. The lowest BCUT2D eigenvalue weighted by Crippen LogP contribution is -1.97. The van der Waals surface area contributed by atoms with Crippen LogP contribution in [0.25, 0.3) is 0 Å². The van der Waals surface area contributed by atoms with Crippen molar-refractivity contribution >= 4 is 15.5 Å². The van der Waals surface area contributed by atoms with Gasteiger partial charge in [0.15, 0.2) is 9.84 Å². The quantitative estimate of drug-likeness (QED) is 0.875. The molecule has 102 valence electrons. The zero-order chi connectivity index (χ0) is 14.8. The number of nitriles is 1. The highest BCUT2D eigenvalue weighted by Crippen LogP contribution is 2.28. The highest BCUT2D eigenvalue weighted by molar-refractivity contribution is 7.90. The first-order chi connectivity index (χ1) is 9.40. The number of sulfone groups is 1. The van der Waals surface area contributed by atoms with Crippen LogP contribution in [0.15, 0.2) is 47.4 Å². The molecular weight excluding hydrogens is 276 g/mol. The summed E-state index contributed by atoms with van der Waals surface area (Å²) in [5.74, 6) is 0.668. The highest BCUT2D eigenvalue weighted by atomic mass is 32.2. The number of rotatable bonds is 3. The van der Waals surface area contributed by atoms with Crippen LogP contribution in [0.3, 0.4) is 0 Å². The van der Waals surface area contributed by atoms with Crippen LogP contribution in [0.4, 0.5) is 5.69 Å². The van der Waals surface area contributed by atoms with Gasteiger partial charge in [0, 0.05) is 11.9 Å². The molecule has 0 atom stereocenters. The van der Waals surface area contributed by atoms with Crippen LogP contribution in [-0.4, -0.2) is 14.7 Å². The third-order valence-electron chi connectivity index (χ3n) is 2.59. The van der Waals surface area contributed by atoms with Gasteiger partial charge in [-0.1, -0.05) is 6.07 Å². The maximum Gasteiger partial charge on any atom is 0.175 e. The van der Waals surface area contributed by atoms with E-state index in [1.54, 1.807) is 24.3 Å². The van der Waals surface area contributed by atoms with E-state index in [1.165, 1.54) is 18.2 Å². The molecule has 0 unspecified atom stereocenters. The van der Waals surface area contributed by atoms with Crippen LogP contribution in [0.2, 0.25) is 0 Å². The third-order valence-corrected chi connectivity index (χ3v) is 3.70. The van der Waals surface area contributed by atoms with E-state index < -0.39 is 9.84 Å². The second-order valence-corrected chi connectivity index (χ2v) is 6.23. The Balaban J connectivity index is 2.39. The summed E-state index contributed by atoms with van der Waals surface area (Å²) in [6.07, 6.45) is 1.12. The molecule has 2 rings (SSSR count). The lowest BCUT2D eigenvalue weighted by atomic mass is 10.2. The molecule has 0 amide bonds. The van der Waals surface area contributed by atoms with E-state index in [-0.39, 0.29) is 10.5 Å². The summed E-state index contributed by atoms with van der Waals surface area (Å²) in [5, 5.41) is 9.02. The summed E-state index contributed by atoms with van der Waals surface area (Å²) >= 11 is 0. The minimum Gasteiger partial charge on any atom is -0.456 e. The van der Waals surface area contributed by atoms with Gasteiger partial charge in [-0.15, -0.1) is 0 Å². The third kappa shape index (κ3) is 3.08. The van der Waals surface area contributed by atoms with Crippen LogP contribution in [0.5, 0.6) is 11.5 Å². The monoisotopic (exact) mass is 288 g/mol. The molecule has 0 aliphatic heterocycles. The van der Waals surface area contributed by atoms with Crippen molar-refractivity contribution in [2.45, 2.75) is 4.90 Å². The lowest BCUT2D eigenvalue weighted by Gasteiger charge is -2.09. The van der Waals surface area contributed by atoms with Crippen LogP contribution in [-0.2, 0) is 9.84 Å². The molecule has 0 radical (unpaired) electrons. The van der Waals surface area contributed by atoms with Crippen molar-refractivity contribution in [2.75, 3.05) is 12.0 Å². The van der Waals surface area contributed by atoms with Gasteiger partial charge in [-0.3, -0.25) is 0 Å². The fourth-order valence-corrected chi connectivity index (χ4v) is 2.28. The molecule has 6 heteroatoms. The molecule has 2 N–H and O–H groups in total. The highest BCUT2D eigenvalue weighted by Gasteiger charge is 2.10. The van der Waals surface area contributed by atoms with Gasteiger partial charge in [-0.2, -0.15) is 5.26 Å². The Bertz CT molecular complexity index is 792. The Morgan fingerprint density at radius 1 is 1.20 bits per heavy atom. The first-order valence-corrected chi connectivity index (χ1v) is 7.57. The number of benzene rings is 2. The molecule has 5 nitrogen and oxygen atoms in total. The molecule has 0 aromatic heterocycles. The number of nitrogen functional groups attached to an aromatic ring is 1. The zero-order valence-corrected chi connectivity index (χ0v) is 11.5. The largest absolute Gasteiger partial charge is 0.456 e. The van der Waals surface area contributed by atoms with Crippen molar-refractivity contribution in [3.8, 4) is 17.6 Å². The topological polar surface area (TPSA) is 93.2 Å². The summed E-state index contributed by atoms with van der Waals surface area (Å²) in [7, 11) is -3.31. The predicted molar refractivity (Wildman–Crippen MR) is 75.2 cm³/mol. The lowest BCUT2D eigenvalue weighted by molar-refractivity contribution is 0.479. The van der Waals surface area contributed by atoms with Gasteiger partial charge in [-0.05, 0) is 36.4 Å². The first-order valence-electron chi connectivity index (χ1n) is 5.68. The number of nitrogens with zero attached hydrogens (tertiary/aromatic N) is 1. The molecule has 0 spiro atoms. The van der Waals surface area contributed by atoms with E-state index in [4.69, 9.17) is 15.7 Å². The number of hydrogen-bond donors (Lipinski definition) is 1. The van der Waals surface area contributed by atoms with Gasteiger partial charge >= 0.3 is 0 Å². The van der Waals surface area contributed by atoms with Crippen molar-refractivity contribution in [3.05, 3.63) is 48.0 Å². The molecule has 2 aromatic rings. The minimum atomic E-state index is -3.31. The SMILES string of the molecule is CS(=O)(=O)c1cccc(Oc2ccc(N)cc2C#N)c1. The molecule has 0 fully saturated rings. The number of anilines is 1. The van der Waals surface area contributed by atoms with Crippen molar-refractivity contribution in [2.24, 2.45) is 0 Å². The summed E-state index contributed by atoms with van der Waals surface area (Å²) in [4.78, 5) is 0.156. The molecule has 0 aliphatic carbocycles. The zero-order valence-electron chi connectivity index (χ0n) is 10.7. The summed E-state index contributed by atoms with van der Waals surface area (Å²) in [5.41, 5.74) is 6.34. The van der Waals surface area contributed by atoms with Crippen LogP contribution < -0.4 is 10.5 Å². The molecule has 0 saturated heterocycles. The normalized spacial score (nSPS) is 10.8. The fraction of sp³-hybridized carbons (Fsp3) is 0.0714. The van der Waals surface area contributed by atoms with E-state index in [9.17, 15) is 8.42 Å². The van der Waals surface area contributed by atoms with Gasteiger partial charge in [0.2, 0.25) is 0 Å². The van der Waals surface area contributed by atoms with Crippen LogP contribution in [0.1, 0.15) is 5.56 Å². The van der Waals surface area contributed by atoms with Crippen LogP contribution in [0, 0.1) is 11.3 Å². The van der Waals surface area contributed by atoms with Gasteiger partial charge in [0.25, 0.3) is 0 Å². The molecule has 0 saturated carbocycles. The Labute approximate surface area is 117 Å². The van der Waals surface area contributed by atoms with Gasteiger partial charge in [-0.25, -0.2) is 8.42 Å². The van der Waals surface area contributed by atoms with E-state index in [1.807, 2.05) is 6.07 Å². The molecule has 20 heavy (non-hydrogen) atoms. The number of hydrogen-bond acceptors (Lipinski definition) is 5. The second-order valence-electron chi connectivity index (χ2n) is 4.22. The smallest absolute Gasteiger partial charge is 0.175 e. The van der Waals surface area contributed by atoms with E-state index in [0.717, 1.165) is 6.26 Å². The van der Waals surface area contributed by atoms with Gasteiger partial charge in [0.1, 0.15) is 17.6 Å². The van der Waals surface area contributed by atoms with Gasteiger partial charge < -0.3 is 10.5 Å². The Morgan fingerprint density at radius 2 is 1.95 bits per heavy atom. The molecular formula is C14H12N2O3S. The number of nitrogens with two attached hydrogens (primary N) is 1. The van der Waals surface area contributed by atoms with Crippen molar-refractivity contribution in [1.29, 1.82) is 5.26 Å². The summed E-state index contributed by atoms with van der Waals surface area (Å²) < 4.78 is 28.5. The summed E-state index contributed by atoms with van der Waals surface area (Å²) in [6.45, 7) is 0. The Kier molecular flexibility index (Phi) is 3.63. The van der Waals surface area contributed by atoms with Crippen molar-refractivity contribution in [1.82, 2.24) is 0 Å². The molecule has 0 bridgehead atoms. The van der Waals surface area contributed by atoms with Gasteiger partial charge in [0.05, 0.1) is 10.5 Å². The predicted octanol–water partition coefficient (Wildman–Crippen LogP) is 2.34. The standard InChI is InChI=1S/C14H12N2O3S/c1-20(17,18)13-4-2-3-12(8-13)19-14-6-5-11(16)7-10(14)9-15/h2-8H,16H2,1H3. The average molecular weight is 288 g/mol.